The Morgan fingerprint density at radius 1 is 0.453 bits per heavy atom. The van der Waals surface area contributed by atoms with Crippen molar-refractivity contribution in [1.29, 1.82) is 0 Å². The Morgan fingerprint density at radius 2 is 0.797 bits per heavy atom. The van der Waals surface area contributed by atoms with Crippen molar-refractivity contribution >= 4 is 11.9 Å². The number of unbranched alkanes of at least 4 members (excludes halogenated alkanes) is 33. The van der Waals surface area contributed by atoms with Gasteiger partial charge in [0.25, 0.3) is 0 Å². The zero-order chi connectivity index (χ0) is 46.7. The molecule has 64 heavy (non-hydrogen) atoms. The molecule has 0 aliphatic carbocycles. The molecule has 0 aliphatic heterocycles. The van der Waals surface area contributed by atoms with E-state index >= 15 is 0 Å². The van der Waals surface area contributed by atoms with Gasteiger partial charge in [0.2, 0.25) is 5.91 Å². The molecule has 0 rings (SSSR count). The normalized spacial score (nSPS) is 13.4. The number of carbonyl (C=O) groups excluding carboxylic acids is 2. The molecule has 0 heterocycles. The quantitative estimate of drug-likeness (QED) is 0.0321. The average molecular weight is 901 g/mol. The summed E-state index contributed by atoms with van der Waals surface area (Å²) in [5.41, 5.74) is 0. The molecule has 3 N–H and O–H groups in total. The number of rotatable bonds is 51. The minimum atomic E-state index is -0.793. The standard InChI is InChI=1S/C58H109NO5/c1-4-7-10-13-16-19-22-25-27-28-30-33-35-38-41-44-47-50-56(61)55(53-60)59-57(62)52-54(49-46-43-40-37-34-32-29-26-23-20-17-14-11-8-5-2)64-58(63)51-48-45-42-39-36-31-24-21-18-15-12-9-6-3/h17,20,26,29,31,36,54-56,60-61H,4-16,18-19,21-25,27-28,30,32-35,37-53H2,1-3H3,(H,59,62)/b20-17-,29-26-,36-31-. The van der Waals surface area contributed by atoms with Gasteiger partial charge < -0.3 is 20.3 Å². The van der Waals surface area contributed by atoms with Gasteiger partial charge in [0, 0.05) is 6.42 Å². The number of nitrogens with one attached hydrogen (secondary N) is 1. The van der Waals surface area contributed by atoms with Crippen LogP contribution in [0.1, 0.15) is 297 Å². The van der Waals surface area contributed by atoms with Gasteiger partial charge in [-0.3, -0.25) is 9.59 Å². The maximum atomic E-state index is 13.2. The summed E-state index contributed by atoms with van der Waals surface area (Å²) in [7, 11) is 0. The van der Waals surface area contributed by atoms with E-state index in [2.05, 4.69) is 62.5 Å². The molecule has 0 bridgehead atoms. The van der Waals surface area contributed by atoms with Gasteiger partial charge in [0.05, 0.1) is 25.2 Å². The van der Waals surface area contributed by atoms with E-state index < -0.39 is 18.2 Å². The first kappa shape index (κ1) is 62.1. The molecule has 6 nitrogen and oxygen atoms in total. The second kappa shape index (κ2) is 52.1. The smallest absolute Gasteiger partial charge is 0.306 e. The van der Waals surface area contributed by atoms with Crippen molar-refractivity contribution in [1.82, 2.24) is 5.32 Å². The topological polar surface area (TPSA) is 95.9 Å². The minimum Gasteiger partial charge on any atom is -0.462 e. The van der Waals surface area contributed by atoms with Crippen LogP contribution >= 0.6 is 0 Å². The molecule has 0 saturated carbocycles. The fraction of sp³-hybridized carbons (Fsp3) is 0.862. The van der Waals surface area contributed by atoms with Crippen molar-refractivity contribution in [3.63, 3.8) is 0 Å². The number of allylic oxidation sites excluding steroid dienone is 6. The molecule has 6 heteroatoms. The number of ether oxygens (including phenoxy) is 1. The van der Waals surface area contributed by atoms with Gasteiger partial charge in [0.15, 0.2) is 0 Å². The lowest BCUT2D eigenvalue weighted by Crippen LogP contribution is -2.46. The molecule has 0 fully saturated rings. The molecule has 3 atom stereocenters. The summed E-state index contributed by atoms with van der Waals surface area (Å²) in [5.74, 6) is -0.495. The molecule has 0 aromatic carbocycles. The van der Waals surface area contributed by atoms with Crippen molar-refractivity contribution in [3.05, 3.63) is 36.5 Å². The van der Waals surface area contributed by atoms with Crippen LogP contribution in [0, 0.1) is 0 Å². The monoisotopic (exact) mass is 900 g/mol. The van der Waals surface area contributed by atoms with E-state index in [9.17, 15) is 19.8 Å². The molecule has 0 aromatic heterocycles. The van der Waals surface area contributed by atoms with Crippen LogP contribution < -0.4 is 5.32 Å². The second-order valence-corrected chi connectivity index (χ2v) is 19.3. The minimum absolute atomic E-state index is 0.0648. The van der Waals surface area contributed by atoms with Crippen LogP contribution in [0.4, 0.5) is 0 Å². The number of esters is 1. The van der Waals surface area contributed by atoms with Crippen molar-refractivity contribution < 1.29 is 24.5 Å². The van der Waals surface area contributed by atoms with Crippen molar-refractivity contribution in [2.75, 3.05) is 6.61 Å². The summed E-state index contributed by atoms with van der Waals surface area (Å²) in [5, 5.41) is 23.9. The molecular formula is C58H109NO5. The van der Waals surface area contributed by atoms with Gasteiger partial charge in [-0.2, -0.15) is 0 Å². The molecule has 376 valence electrons. The first-order chi connectivity index (χ1) is 31.5. The first-order valence-electron chi connectivity index (χ1n) is 28.2. The first-order valence-corrected chi connectivity index (χ1v) is 28.2. The Morgan fingerprint density at radius 3 is 1.23 bits per heavy atom. The maximum absolute atomic E-state index is 13.2. The summed E-state index contributed by atoms with van der Waals surface area (Å²) < 4.78 is 5.94. The van der Waals surface area contributed by atoms with Crippen LogP contribution in [0.25, 0.3) is 0 Å². The largest absolute Gasteiger partial charge is 0.462 e. The molecule has 0 radical (unpaired) electrons. The van der Waals surface area contributed by atoms with E-state index in [1.807, 2.05) is 0 Å². The van der Waals surface area contributed by atoms with Crippen LogP contribution in [0.2, 0.25) is 0 Å². The van der Waals surface area contributed by atoms with Crippen molar-refractivity contribution in [2.24, 2.45) is 0 Å². The second-order valence-electron chi connectivity index (χ2n) is 19.3. The van der Waals surface area contributed by atoms with Crippen molar-refractivity contribution in [3.8, 4) is 0 Å². The van der Waals surface area contributed by atoms with Gasteiger partial charge in [-0.15, -0.1) is 0 Å². The van der Waals surface area contributed by atoms with Crippen LogP contribution in [0.15, 0.2) is 36.5 Å². The highest BCUT2D eigenvalue weighted by Crippen LogP contribution is 2.18. The summed E-state index contributed by atoms with van der Waals surface area (Å²) in [6.07, 6.45) is 62.1. The molecule has 0 saturated heterocycles. The summed E-state index contributed by atoms with van der Waals surface area (Å²) >= 11 is 0. The zero-order valence-electron chi connectivity index (χ0n) is 42.9. The maximum Gasteiger partial charge on any atom is 0.306 e. The predicted octanol–water partition coefficient (Wildman–Crippen LogP) is 17.2. The molecule has 0 aliphatic rings. The highest BCUT2D eigenvalue weighted by atomic mass is 16.5. The van der Waals surface area contributed by atoms with Gasteiger partial charge in [-0.1, -0.05) is 237 Å². The average Bonchev–Trinajstić information content (AvgIpc) is 3.29. The summed E-state index contributed by atoms with van der Waals surface area (Å²) in [6, 6.07) is -0.708. The predicted molar refractivity (Wildman–Crippen MR) is 278 cm³/mol. The van der Waals surface area contributed by atoms with Gasteiger partial charge in [0.1, 0.15) is 6.10 Å². The lowest BCUT2D eigenvalue weighted by Gasteiger charge is -2.24. The van der Waals surface area contributed by atoms with E-state index in [-0.39, 0.29) is 24.9 Å². The SMILES string of the molecule is CCCCC/C=C\C/C=C\CCCCCCCC(CC(=O)NC(CO)C(O)CCCCCCCCCCCCCCCCCCC)OC(=O)CCCCC/C=C\CCCCCCCC. The Balaban J connectivity index is 4.55. The van der Waals surface area contributed by atoms with Crippen LogP contribution in [-0.4, -0.2) is 46.9 Å². The Labute approximate surface area is 398 Å². The lowest BCUT2D eigenvalue weighted by molar-refractivity contribution is -0.151. The van der Waals surface area contributed by atoms with E-state index in [0.29, 0.717) is 19.3 Å². The highest BCUT2D eigenvalue weighted by Gasteiger charge is 2.24. The van der Waals surface area contributed by atoms with Crippen LogP contribution in [0.3, 0.4) is 0 Å². The Bertz CT molecular complexity index is 1060. The van der Waals surface area contributed by atoms with Crippen LogP contribution in [-0.2, 0) is 14.3 Å². The Hall–Kier alpha value is -1.92. The van der Waals surface area contributed by atoms with E-state index in [0.717, 1.165) is 70.6 Å². The van der Waals surface area contributed by atoms with Gasteiger partial charge >= 0.3 is 5.97 Å². The third kappa shape index (κ3) is 46.6. The molecular weight excluding hydrogens is 791 g/mol. The number of aliphatic hydroxyl groups excluding tert-OH is 2. The number of hydrogen-bond acceptors (Lipinski definition) is 5. The van der Waals surface area contributed by atoms with E-state index in [1.165, 1.54) is 180 Å². The molecule has 1 amide bonds. The third-order valence-electron chi connectivity index (χ3n) is 12.9. The molecule has 0 aromatic rings. The summed E-state index contributed by atoms with van der Waals surface area (Å²) in [6.45, 7) is 6.47. The zero-order valence-corrected chi connectivity index (χ0v) is 42.9. The molecule has 3 unspecified atom stereocenters. The van der Waals surface area contributed by atoms with Crippen LogP contribution in [0.5, 0.6) is 0 Å². The third-order valence-corrected chi connectivity index (χ3v) is 12.9. The molecule has 0 spiro atoms. The fourth-order valence-electron chi connectivity index (χ4n) is 8.63. The number of hydrogen-bond donors (Lipinski definition) is 3. The van der Waals surface area contributed by atoms with Crippen molar-refractivity contribution in [2.45, 2.75) is 315 Å². The fourth-order valence-corrected chi connectivity index (χ4v) is 8.63. The van der Waals surface area contributed by atoms with E-state index in [1.54, 1.807) is 0 Å². The number of amides is 1. The number of aliphatic hydroxyl groups is 2. The highest BCUT2D eigenvalue weighted by molar-refractivity contribution is 5.77. The van der Waals surface area contributed by atoms with E-state index in [4.69, 9.17) is 4.74 Å². The van der Waals surface area contributed by atoms with Gasteiger partial charge in [-0.25, -0.2) is 0 Å². The summed E-state index contributed by atoms with van der Waals surface area (Å²) in [4.78, 5) is 26.2. The lowest BCUT2D eigenvalue weighted by atomic mass is 10.0. The number of carbonyl (C=O) groups is 2. The van der Waals surface area contributed by atoms with Gasteiger partial charge in [-0.05, 0) is 83.5 Å². The Kier molecular flexibility index (Phi) is 50.5.